The van der Waals surface area contributed by atoms with E-state index in [4.69, 9.17) is 4.42 Å². The Balaban J connectivity index is 1.90. The molecule has 2 amide bonds. The van der Waals surface area contributed by atoms with Gasteiger partial charge >= 0.3 is 0 Å². The topological polar surface area (TPSA) is 100 Å². The van der Waals surface area contributed by atoms with Crippen LogP contribution in [0, 0.1) is 0 Å². The van der Waals surface area contributed by atoms with E-state index in [2.05, 4.69) is 25.7 Å². The van der Waals surface area contributed by atoms with Gasteiger partial charge in [-0.15, -0.1) is 10.2 Å². The number of rotatable bonds is 8. The summed E-state index contributed by atoms with van der Waals surface area (Å²) in [5.74, 6) is 0.397. The Morgan fingerprint density at radius 3 is 2.48 bits per heavy atom. The largest absolute Gasteiger partial charge is 0.419 e. The number of nitrogens with zero attached hydrogens (tertiary/aromatic N) is 3. The monoisotopic (exact) mass is 345 g/mol. The fourth-order valence-electron chi connectivity index (χ4n) is 2.11. The van der Waals surface area contributed by atoms with Crippen LogP contribution in [0.2, 0.25) is 0 Å². The molecule has 25 heavy (non-hydrogen) atoms. The van der Waals surface area contributed by atoms with Crippen LogP contribution in [-0.4, -0.2) is 54.1 Å². The molecule has 0 saturated heterocycles. The molecule has 0 atom stereocenters. The van der Waals surface area contributed by atoms with Gasteiger partial charge in [0.1, 0.15) is 0 Å². The maximum atomic E-state index is 12.1. The first-order chi connectivity index (χ1) is 12.0. The summed E-state index contributed by atoms with van der Waals surface area (Å²) in [6.07, 6.45) is 0.899. The third-order valence-corrected chi connectivity index (χ3v) is 3.42. The zero-order valence-corrected chi connectivity index (χ0v) is 14.7. The Morgan fingerprint density at radius 1 is 1.12 bits per heavy atom. The molecular formula is C17H23N5O3. The fraction of sp³-hybridized carbons (Fsp3) is 0.412. The highest BCUT2D eigenvalue weighted by Gasteiger charge is 2.10. The highest BCUT2D eigenvalue weighted by Crippen LogP contribution is 2.18. The second-order valence-corrected chi connectivity index (χ2v) is 5.90. The van der Waals surface area contributed by atoms with Gasteiger partial charge in [-0.25, -0.2) is 0 Å². The predicted molar refractivity (Wildman–Crippen MR) is 92.8 cm³/mol. The van der Waals surface area contributed by atoms with E-state index in [1.807, 2.05) is 14.1 Å². The lowest BCUT2D eigenvalue weighted by atomic mass is 10.1. The lowest BCUT2D eigenvalue weighted by Crippen LogP contribution is -2.27. The molecule has 1 aromatic heterocycles. The van der Waals surface area contributed by atoms with Crippen LogP contribution in [0.3, 0.4) is 0 Å². The molecule has 0 aliphatic carbocycles. The molecule has 0 spiro atoms. The molecule has 0 bridgehead atoms. The Kier molecular flexibility index (Phi) is 6.64. The molecule has 2 rings (SSSR count). The first kappa shape index (κ1) is 18.6. The van der Waals surface area contributed by atoms with Gasteiger partial charge in [0.05, 0.1) is 6.54 Å². The van der Waals surface area contributed by atoms with E-state index < -0.39 is 0 Å². The minimum absolute atomic E-state index is 0.109. The van der Waals surface area contributed by atoms with Crippen molar-refractivity contribution in [3.05, 3.63) is 35.7 Å². The molecule has 0 aliphatic rings. The summed E-state index contributed by atoms with van der Waals surface area (Å²) in [7, 11) is 4.00. The normalized spacial score (nSPS) is 10.7. The summed E-state index contributed by atoms with van der Waals surface area (Å²) < 4.78 is 5.48. The number of carbonyl (C=O) groups is 2. The third kappa shape index (κ3) is 6.00. The lowest BCUT2D eigenvalue weighted by molar-refractivity contribution is -0.119. The molecule has 0 saturated carbocycles. The first-order valence-corrected chi connectivity index (χ1v) is 8.06. The first-order valence-electron chi connectivity index (χ1n) is 8.06. The maximum absolute atomic E-state index is 12.1. The van der Waals surface area contributed by atoms with Crippen molar-refractivity contribution >= 4 is 11.8 Å². The molecule has 2 N–H and O–H groups in total. The van der Waals surface area contributed by atoms with E-state index in [0.717, 1.165) is 13.0 Å². The standard InChI is InChI=1S/C17H23N5O3/c1-12(23)19-11-15-20-21-17(25-15)14-7-5-13(6-8-14)16(24)18-9-4-10-22(2)3/h5-8H,4,9-11H2,1-3H3,(H,18,24)(H,19,23). The smallest absolute Gasteiger partial charge is 0.251 e. The van der Waals surface area contributed by atoms with Crippen molar-refractivity contribution in [1.82, 2.24) is 25.7 Å². The van der Waals surface area contributed by atoms with Crippen LogP contribution in [0.5, 0.6) is 0 Å². The van der Waals surface area contributed by atoms with Crippen LogP contribution in [0.4, 0.5) is 0 Å². The van der Waals surface area contributed by atoms with Gasteiger partial charge in [0.25, 0.3) is 5.91 Å². The second-order valence-electron chi connectivity index (χ2n) is 5.90. The van der Waals surface area contributed by atoms with Gasteiger partial charge < -0.3 is 20.0 Å². The van der Waals surface area contributed by atoms with Crippen molar-refractivity contribution in [1.29, 1.82) is 0 Å². The van der Waals surface area contributed by atoms with E-state index in [0.29, 0.717) is 29.5 Å². The van der Waals surface area contributed by atoms with E-state index in [1.54, 1.807) is 24.3 Å². The van der Waals surface area contributed by atoms with Gasteiger partial charge in [0.2, 0.25) is 17.7 Å². The number of hydrogen-bond acceptors (Lipinski definition) is 6. The summed E-state index contributed by atoms with van der Waals surface area (Å²) in [6, 6.07) is 6.94. The van der Waals surface area contributed by atoms with Crippen molar-refractivity contribution < 1.29 is 14.0 Å². The summed E-state index contributed by atoms with van der Waals surface area (Å²) in [6.45, 7) is 3.17. The number of aromatic nitrogens is 2. The van der Waals surface area contributed by atoms with Gasteiger partial charge in [-0.3, -0.25) is 9.59 Å². The molecule has 2 aromatic rings. The fourth-order valence-corrected chi connectivity index (χ4v) is 2.11. The Bertz CT molecular complexity index is 709. The molecule has 8 heteroatoms. The number of carbonyl (C=O) groups excluding carboxylic acids is 2. The van der Waals surface area contributed by atoms with Gasteiger partial charge in [-0.1, -0.05) is 0 Å². The highest BCUT2D eigenvalue weighted by atomic mass is 16.4. The second kappa shape index (κ2) is 8.93. The summed E-state index contributed by atoms with van der Waals surface area (Å²) in [5, 5.41) is 13.3. The van der Waals surface area contributed by atoms with Crippen molar-refractivity contribution in [2.45, 2.75) is 19.9 Å². The molecule has 0 unspecified atom stereocenters. The van der Waals surface area contributed by atoms with Crippen LogP contribution in [0.1, 0.15) is 29.6 Å². The molecule has 0 radical (unpaired) electrons. The van der Waals surface area contributed by atoms with Crippen molar-refractivity contribution in [2.75, 3.05) is 27.2 Å². The number of benzene rings is 1. The highest BCUT2D eigenvalue weighted by molar-refractivity contribution is 5.94. The van der Waals surface area contributed by atoms with E-state index in [-0.39, 0.29) is 18.4 Å². The maximum Gasteiger partial charge on any atom is 0.251 e. The van der Waals surface area contributed by atoms with Crippen LogP contribution in [0.25, 0.3) is 11.5 Å². The van der Waals surface area contributed by atoms with Crippen LogP contribution in [0.15, 0.2) is 28.7 Å². The summed E-state index contributed by atoms with van der Waals surface area (Å²) in [4.78, 5) is 25.0. The van der Waals surface area contributed by atoms with Gasteiger partial charge in [-0.2, -0.15) is 0 Å². The zero-order valence-electron chi connectivity index (χ0n) is 14.7. The van der Waals surface area contributed by atoms with Gasteiger partial charge in [-0.05, 0) is 51.3 Å². The summed E-state index contributed by atoms with van der Waals surface area (Å²) in [5.41, 5.74) is 1.29. The van der Waals surface area contributed by atoms with E-state index in [9.17, 15) is 9.59 Å². The van der Waals surface area contributed by atoms with Crippen LogP contribution < -0.4 is 10.6 Å². The number of nitrogens with one attached hydrogen (secondary N) is 2. The Morgan fingerprint density at radius 2 is 1.84 bits per heavy atom. The number of amides is 2. The van der Waals surface area contributed by atoms with Gasteiger partial charge in [0, 0.05) is 24.6 Å². The molecule has 8 nitrogen and oxygen atoms in total. The molecule has 0 fully saturated rings. The van der Waals surface area contributed by atoms with Crippen molar-refractivity contribution in [3.8, 4) is 11.5 Å². The molecule has 0 aliphatic heterocycles. The Hall–Kier alpha value is -2.74. The van der Waals surface area contributed by atoms with E-state index in [1.165, 1.54) is 6.92 Å². The van der Waals surface area contributed by atoms with Crippen LogP contribution in [-0.2, 0) is 11.3 Å². The minimum Gasteiger partial charge on any atom is -0.419 e. The minimum atomic E-state index is -0.166. The Labute approximate surface area is 146 Å². The molecule has 1 heterocycles. The predicted octanol–water partition coefficient (Wildman–Crippen LogP) is 1.05. The molecule has 1 aromatic carbocycles. The van der Waals surface area contributed by atoms with Gasteiger partial charge in [0.15, 0.2) is 0 Å². The summed E-state index contributed by atoms with van der Waals surface area (Å²) >= 11 is 0. The van der Waals surface area contributed by atoms with E-state index >= 15 is 0 Å². The van der Waals surface area contributed by atoms with Crippen molar-refractivity contribution in [2.24, 2.45) is 0 Å². The average Bonchev–Trinajstić information content (AvgIpc) is 3.05. The van der Waals surface area contributed by atoms with Crippen molar-refractivity contribution in [3.63, 3.8) is 0 Å². The zero-order chi connectivity index (χ0) is 18.2. The molecule has 134 valence electrons. The van der Waals surface area contributed by atoms with Crippen LogP contribution >= 0.6 is 0 Å². The lowest BCUT2D eigenvalue weighted by Gasteiger charge is -2.10. The SMILES string of the molecule is CC(=O)NCc1nnc(-c2ccc(C(=O)NCCCN(C)C)cc2)o1. The third-order valence-electron chi connectivity index (χ3n) is 3.42. The quantitative estimate of drug-likeness (QED) is 0.694. The number of hydrogen-bond donors (Lipinski definition) is 2. The molecular weight excluding hydrogens is 322 g/mol. The average molecular weight is 345 g/mol.